The predicted octanol–water partition coefficient (Wildman–Crippen LogP) is 1.57. The predicted molar refractivity (Wildman–Crippen MR) is 99.1 cm³/mol. The number of para-hydroxylation sites is 2. The lowest BCUT2D eigenvalue weighted by atomic mass is 10.2. The van der Waals surface area contributed by atoms with E-state index in [0.717, 1.165) is 27.8 Å². The Labute approximate surface area is 148 Å². The molecule has 8 nitrogen and oxygen atoms in total. The average molecular weight is 350 g/mol. The van der Waals surface area contributed by atoms with Gasteiger partial charge in [-0.05, 0) is 25.1 Å². The van der Waals surface area contributed by atoms with Crippen molar-refractivity contribution in [3.63, 3.8) is 0 Å². The molecule has 4 rings (SSSR count). The molecule has 0 spiro atoms. The maximum absolute atomic E-state index is 12.5. The minimum absolute atomic E-state index is 0.0652. The molecule has 132 valence electrons. The molecule has 1 aromatic carbocycles. The summed E-state index contributed by atoms with van der Waals surface area (Å²) in [6.45, 7) is 1.83. The highest BCUT2D eigenvalue weighted by molar-refractivity contribution is 5.93. The van der Waals surface area contributed by atoms with Gasteiger partial charge in [0.2, 0.25) is 5.91 Å². The van der Waals surface area contributed by atoms with Crippen molar-refractivity contribution in [2.75, 3.05) is 5.32 Å². The van der Waals surface area contributed by atoms with Crippen molar-refractivity contribution in [2.24, 2.45) is 14.1 Å². The number of fused-ring (bicyclic) bond motifs is 2. The van der Waals surface area contributed by atoms with Crippen LogP contribution < -0.4 is 11.0 Å². The summed E-state index contributed by atoms with van der Waals surface area (Å²) in [5.41, 5.74) is 3.47. The third-order valence-corrected chi connectivity index (χ3v) is 4.50. The van der Waals surface area contributed by atoms with E-state index in [-0.39, 0.29) is 18.1 Å². The number of carbonyl (C=O) groups is 1. The van der Waals surface area contributed by atoms with E-state index in [1.807, 2.05) is 44.3 Å². The molecule has 0 bridgehead atoms. The molecular formula is C18H18N6O2. The number of aryl methyl sites for hydroxylation is 3. The Kier molecular flexibility index (Phi) is 3.61. The molecule has 4 aromatic rings. The van der Waals surface area contributed by atoms with Crippen LogP contribution in [0.4, 0.5) is 5.69 Å². The quantitative estimate of drug-likeness (QED) is 0.608. The molecule has 0 atom stereocenters. The van der Waals surface area contributed by atoms with Crippen LogP contribution in [-0.2, 0) is 25.4 Å². The molecule has 0 saturated heterocycles. The monoisotopic (exact) mass is 350 g/mol. The first kappa shape index (κ1) is 16.1. The van der Waals surface area contributed by atoms with Crippen LogP contribution in [0, 0.1) is 6.92 Å². The van der Waals surface area contributed by atoms with Gasteiger partial charge in [-0.3, -0.25) is 18.6 Å². The normalized spacial score (nSPS) is 11.3. The van der Waals surface area contributed by atoms with Gasteiger partial charge in [-0.15, -0.1) is 0 Å². The van der Waals surface area contributed by atoms with Crippen molar-refractivity contribution in [3.05, 3.63) is 52.7 Å². The van der Waals surface area contributed by atoms with Crippen molar-refractivity contribution in [3.8, 4) is 0 Å². The van der Waals surface area contributed by atoms with Crippen molar-refractivity contribution >= 4 is 33.7 Å². The van der Waals surface area contributed by atoms with E-state index in [1.54, 1.807) is 17.9 Å². The van der Waals surface area contributed by atoms with Crippen molar-refractivity contribution in [1.82, 2.24) is 23.9 Å². The number of pyridine rings is 1. The Morgan fingerprint density at radius 3 is 2.69 bits per heavy atom. The number of hydrogen-bond donors (Lipinski definition) is 1. The van der Waals surface area contributed by atoms with Crippen LogP contribution in [0.3, 0.4) is 0 Å². The lowest BCUT2D eigenvalue weighted by molar-refractivity contribution is -0.116. The number of hydrogen-bond acceptors (Lipinski definition) is 4. The van der Waals surface area contributed by atoms with Crippen LogP contribution in [0.5, 0.6) is 0 Å². The molecule has 0 aliphatic carbocycles. The first-order valence-electron chi connectivity index (χ1n) is 8.19. The second-order valence-electron chi connectivity index (χ2n) is 6.27. The fourth-order valence-corrected chi connectivity index (χ4v) is 3.24. The first-order valence-corrected chi connectivity index (χ1v) is 8.19. The lowest BCUT2D eigenvalue weighted by Gasteiger charge is -2.06. The Balaban J connectivity index is 1.63. The van der Waals surface area contributed by atoms with Crippen LogP contribution in [0.1, 0.15) is 5.69 Å². The van der Waals surface area contributed by atoms with E-state index in [0.29, 0.717) is 5.69 Å². The van der Waals surface area contributed by atoms with Gasteiger partial charge in [0, 0.05) is 19.5 Å². The molecule has 0 radical (unpaired) electrons. The third-order valence-electron chi connectivity index (χ3n) is 4.50. The molecule has 1 N–H and O–H groups in total. The molecule has 1 amide bonds. The van der Waals surface area contributed by atoms with Crippen molar-refractivity contribution in [2.45, 2.75) is 13.5 Å². The van der Waals surface area contributed by atoms with Gasteiger partial charge in [0.15, 0.2) is 5.65 Å². The Morgan fingerprint density at radius 2 is 1.92 bits per heavy atom. The Hall–Kier alpha value is -3.42. The highest BCUT2D eigenvalue weighted by Crippen LogP contribution is 2.19. The summed E-state index contributed by atoms with van der Waals surface area (Å²) >= 11 is 0. The molecular weight excluding hydrogens is 332 g/mol. The van der Waals surface area contributed by atoms with Gasteiger partial charge in [-0.2, -0.15) is 5.10 Å². The molecule has 3 aromatic heterocycles. The highest BCUT2D eigenvalue weighted by atomic mass is 16.2. The van der Waals surface area contributed by atoms with Crippen LogP contribution in [-0.4, -0.2) is 29.8 Å². The minimum Gasteiger partial charge on any atom is -0.323 e. The summed E-state index contributed by atoms with van der Waals surface area (Å²) in [4.78, 5) is 29.3. The number of nitrogens with one attached hydrogen (secondary N) is 1. The summed E-state index contributed by atoms with van der Waals surface area (Å²) in [5, 5.41) is 8.01. The standard InChI is InChI=1S/C18H18N6O2/c1-11-13-8-12(9-19-17(13)23(3)21-11)20-16(25)10-24-15-7-5-4-6-14(15)22(2)18(24)26/h4-9H,10H2,1-3H3,(H,20,25). The van der Waals surface area contributed by atoms with E-state index in [9.17, 15) is 9.59 Å². The molecule has 0 saturated carbocycles. The second kappa shape index (κ2) is 5.83. The molecule has 0 aliphatic heterocycles. The fourth-order valence-electron chi connectivity index (χ4n) is 3.24. The number of amides is 1. The van der Waals surface area contributed by atoms with E-state index in [1.165, 1.54) is 9.13 Å². The number of anilines is 1. The van der Waals surface area contributed by atoms with Gasteiger partial charge in [-0.1, -0.05) is 12.1 Å². The van der Waals surface area contributed by atoms with Crippen molar-refractivity contribution < 1.29 is 4.79 Å². The Morgan fingerprint density at radius 1 is 1.19 bits per heavy atom. The minimum atomic E-state index is -0.286. The number of aromatic nitrogens is 5. The summed E-state index contributed by atoms with van der Waals surface area (Å²) in [5.74, 6) is -0.286. The summed E-state index contributed by atoms with van der Waals surface area (Å²) < 4.78 is 4.70. The van der Waals surface area contributed by atoms with E-state index in [2.05, 4.69) is 15.4 Å². The lowest BCUT2D eigenvalue weighted by Crippen LogP contribution is -2.28. The van der Waals surface area contributed by atoms with Gasteiger partial charge >= 0.3 is 5.69 Å². The van der Waals surface area contributed by atoms with E-state index < -0.39 is 0 Å². The van der Waals surface area contributed by atoms with Gasteiger partial charge in [-0.25, -0.2) is 9.78 Å². The van der Waals surface area contributed by atoms with Crippen LogP contribution >= 0.6 is 0 Å². The summed E-state index contributed by atoms with van der Waals surface area (Å²) in [6.07, 6.45) is 1.59. The molecule has 0 unspecified atom stereocenters. The van der Waals surface area contributed by atoms with E-state index >= 15 is 0 Å². The van der Waals surface area contributed by atoms with Crippen LogP contribution in [0.15, 0.2) is 41.3 Å². The topological polar surface area (TPSA) is 86.7 Å². The summed E-state index contributed by atoms with van der Waals surface area (Å²) in [6, 6.07) is 9.24. The second-order valence-corrected chi connectivity index (χ2v) is 6.27. The first-order chi connectivity index (χ1) is 12.5. The van der Waals surface area contributed by atoms with Gasteiger partial charge < -0.3 is 5.32 Å². The third kappa shape index (κ3) is 2.46. The van der Waals surface area contributed by atoms with Crippen molar-refractivity contribution in [1.29, 1.82) is 0 Å². The molecule has 8 heteroatoms. The largest absolute Gasteiger partial charge is 0.329 e. The number of imidazole rings is 1. The number of benzene rings is 1. The number of rotatable bonds is 3. The number of carbonyl (C=O) groups excluding carboxylic acids is 1. The van der Waals surface area contributed by atoms with Gasteiger partial charge in [0.05, 0.1) is 28.6 Å². The molecule has 0 fully saturated rings. The van der Waals surface area contributed by atoms with Crippen LogP contribution in [0.25, 0.3) is 22.1 Å². The molecule has 26 heavy (non-hydrogen) atoms. The van der Waals surface area contributed by atoms with Crippen LogP contribution in [0.2, 0.25) is 0 Å². The zero-order chi connectivity index (χ0) is 18.4. The average Bonchev–Trinajstić information content (AvgIpc) is 3.04. The van der Waals surface area contributed by atoms with E-state index in [4.69, 9.17) is 0 Å². The smallest absolute Gasteiger partial charge is 0.323 e. The fraction of sp³-hybridized carbons (Fsp3) is 0.222. The maximum Gasteiger partial charge on any atom is 0.329 e. The molecule has 3 heterocycles. The zero-order valence-corrected chi connectivity index (χ0v) is 14.7. The number of nitrogens with zero attached hydrogens (tertiary/aromatic N) is 5. The molecule has 0 aliphatic rings. The highest BCUT2D eigenvalue weighted by Gasteiger charge is 2.14. The SMILES string of the molecule is Cc1nn(C)c2ncc(NC(=O)Cn3c(=O)n(C)c4ccccc43)cc12. The Bertz CT molecular complexity index is 1210. The summed E-state index contributed by atoms with van der Waals surface area (Å²) in [7, 11) is 3.52. The maximum atomic E-state index is 12.5. The zero-order valence-electron chi connectivity index (χ0n) is 14.7. The van der Waals surface area contributed by atoms with Gasteiger partial charge in [0.25, 0.3) is 0 Å². The van der Waals surface area contributed by atoms with Gasteiger partial charge in [0.1, 0.15) is 6.54 Å².